The fourth-order valence-corrected chi connectivity index (χ4v) is 3.09. The lowest BCUT2D eigenvalue weighted by Gasteiger charge is -2.30. The summed E-state index contributed by atoms with van der Waals surface area (Å²) in [5.41, 5.74) is 0. The van der Waals surface area contributed by atoms with Crippen molar-refractivity contribution in [3.63, 3.8) is 0 Å². The lowest BCUT2D eigenvalue weighted by atomic mass is 10.1. The number of carbonyl (C=O) groups excluding carboxylic acids is 1. The Morgan fingerprint density at radius 2 is 2.12 bits per heavy atom. The van der Waals surface area contributed by atoms with E-state index in [4.69, 9.17) is 20.9 Å². The predicted octanol–water partition coefficient (Wildman–Crippen LogP) is 3.63. The molecule has 1 amide bonds. The lowest BCUT2D eigenvalue weighted by molar-refractivity contribution is -0.140. The molecule has 1 aromatic carbocycles. The molecule has 128 valence electrons. The summed E-state index contributed by atoms with van der Waals surface area (Å²) in [7, 11) is 0. The molecule has 2 aromatic rings. The smallest absolute Gasteiger partial charge is 0.263 e. The summed E-state index contributed by atoms with van der Waals surface area (Å²) in [5, 5.41) is 4.56. The van der Waals surface area contributed by atoms with Crippen LogP contribution in [0.4, 0.5) is 0 Å². The Bertz CT molecular complexity index is 660. The van der Waals surface area contributed by atoms with E-state index in [0.29, 0.717) is 23.1 Å². The van der Waals surface area contributed by atoms with Crippen molar-refractivity contribution in [3.05, 3.63) is 41.5 Å². The van der Waals surface area contributed by atoms with E-state index in [1.165, 1.54) is 6.39 Å². The molecule has 1 fully saturated rings. The highest BCUT2D eigenvalue weighted by Gasteiger charge is 2.32. The number of ether oxygens (including phenoxy) is 1. The van der Waals surface area contributed by atoms with Crippen LogP contribution in [0, 0.1) is 0 Å². The zero-order valence-corrected chi connectivity index (χ0v) is 14.3. The van der Waals surface area contributed by atoms with Gasteiger partial charge in [-0.25, -0.2) is 0 Å². The van der Waals surface area contributed by atoms with Crippen molar-refractivity contribution < 1.29 is 14.1 Å². The normalized spacial score (nSPS) is 19.6. The highest BCUT2D eigenvalue weighted by molar-refractivity contribution is 6.30. The maximum absolute atomic E-state index is 12.9. The fourth-order valence-electron chi connectivity index (χ4n) is 2.97. The molecular weight excluding hydrogens is 330 g/mol. The molecule has 0 aliphatic carbocycles. The second-order valence-corrected chi connectivity index (χ2v) is 6.34. The molecule has 1 unspecified atom stereocenters. The van der Waals surface area contributed by atoms with E-state index in [1.807, 2.05) is 4.90 Å². The van der Waals surface area contributed by atoms with Gasteiger partial charge in [0.25, 0.3) is 5.91 Å². The maximum Gasteiger partial charge on any atom is 0.263 e. The molecule has 1 aliphatic rings. The summed E-state index contributed by atoms with van der Waals surface area (Å²) in [6.45, 7) is 2.43. The molecule has 1 aromatic heterocycles. The molecule has 2 atom stereocenters. The first-order valence-electron chi connectivity index (χ1n) is 8.14. The van der Waals surface area contributed by atoms with Crippen LogP contribution in [0.5, 0.6) is 5.75 Å². The van der Waals surface area contributed by atoms with Gasteiger partial charge in [-0.05, 0) is 44.0 Å². The highest BCUT2D eigenvalue weighted by Crippen LogP contribution is 2.29. The number of hydrogen-bond acceptors (Lipinski definition) is 5. The van der Waals surface area contributed by atoms with Crippen LogP contribution in [0.2, 0.25) is 5.02 Å². The molecule has 7 heteroatoms. The van der Waals surface area contributed by atoms with Gasteiger partial charge in [0.1, 0.15) is 5.75 Å². The number of nitrogens with zero attached hydrogens (tertiary/aromatic N) is 3. The Hall–Kier alpha value is -2.08. The van der Waals surface area contributed by atoms with Crippen molar-refractivity contribution in [1.29, 1.82) is 0 Å². The van der Waals surface area contributed by atoms with Crippen LogP contribution < -0.4 is 4.74 Å². The summed E-state index contributed by atoms with van der Waals surface area (Å²) in [4.78, 5) is 18.9. The number of rotatable bonds is 4. The highest BCUT2D eigenvalue weighted by atomic mass is 35.5. The third-order valence-corrected chi connectivity index (χ3v) is 4.44. The van der Waals surface area contributed by atoms with E-state index >= 15 is 0 Å². The van der Waals surface area contributed by atoms with Crippen LogP contribution in [0.1, 0.15) is 44.5 Å². The van der Waals surface area contributed by atoms with Crippen LogP contribution in [0.25, 0.3) is 0 Å². The van der Waals surface area contributed by atoms with Gasteiger partial charge in [0.2, 0.25) is 6.39 Å². The SMILES string of the molecule is C[C@H](Oc1ccc(Cl)cc1)C(=O)N1CCCCCC1c1ncon1. The van der Waals surface area contributed by atoms with Crippen molar-refractivity contribution in [2.75, 3.05) is 6.54 Å². The number of carbonyl (C=O) groups is 1. The zero-order chi connectivity index (χ0) is 16.9. The number of amides is 1. The molecule has 0 N–H and O–H groups in total. The number of aromatic nitrogens is 2. The maximum atomic E-state index is 12.9. The third kappa shape index (κ3) is 3.87. The number of benzene rings is 1. The van der Waals surface area contributed by atoms with Crippen LogP contribution in [0.15, 0.2) is 35.2 Å². The van der Waals surface area contributed by atoms with Crippen LogP contribution in [0.3, 0.4) is 0 Å². The average Bonchev–Trinajstić information content (AvgIpc) is 3.01. The molecule has 3 rings (SSSR count). The van der Waals surface area contributed by atoms with Crippen molar-refractivity contribution in [1.82, 2.24) is 15.0 Å². The van der Waals surface area contributed by atoms with Crippen LogP contribution >= 0.6 is 11.6 Å². The minimum Gasteiger partial charge on any atom is -0.481 e. The molecule has 1 aliphatic heterocycles. The minimum atomic E-state index is -0.598. The van der Waals surface area contributed by atoms with Gasteiger partial charge in [-0.2, -0.15) is 4.98 Å². The van der Waals surface area contributed by atoms with Crippen molar-refractivity contribution in [3.8, 4) is 5.75 Å². The van der Waals surface area contributed by atoms with E-state index in [-0.39, 0.29) is 11.9 Å². The first-order chi connectivity index (χ1) is 11.6. The molecule has 0 radical (unpaired) electrons. The van der Waals surface area contributed by atoms with E-state index in [2.05, 4.69) is 10.1 Å². The van der Waals surface area contributed by atoms with Gasteiger partial charge in [-0.15, -0.1) is 0 Å². The fraction of sp³-hybridized carbons (Fsp3) is 0.471. The number of hydrogen-bond donors (Lipinski definition) is 0. The summed E-state index contributed by atoms with van der Waals surface area (Å²) in [6, 6.07) is 6.83. The van der Waals surface area contributed by atoms with Crippen LogP contribution in [-0.2, 0) is 4.79 Å². The summed E-state index contributed by atoms with van der Waals surface area (Å²) < 4.78 is 10.6. The second-order valence-electron chi connectivity index (χ2n) is 5.90. The number of halogens is 1. The van der Waals surface area contributed by atoms with Gasteiger partial charge in [0, 0.05) is 11.6 Å². The molecule has 6 nitrogen and oxygen atoms in total. The van der Waals surface area contributed by atoms with Gasteiger partial charge in [0.15, 0.2) is 11.9 Å². The third-order valence-electron chi connectivity index (χ3n) is 4.19. The molecule has 2 heterocycles. The zero-order valence-electron chi connectivity index (χ0n) is 13.5. The van der Waals surface area contributed by atoms with Crippen molar-refractivity contribution in [2.24, 2.45) is 0 Å². The quantitative estimate of drug-likeness (QED) is 0.843. The van der Waals surface area contributed by atoms with E-state index in [9.17, 15) is 4.79 Å². The average molecular weight is 350 g/mol. The van der Waals surface area contributed by atoms with Gasteiger partial charge in [-0.1, -0.05) is 29.6 Å². The first-order valence-corrected chi connectivity index (χ1v) is 8.52. The standard InChI is InChI=1S/C17H20ClN3O3/c1-12(24-14-8-6-13(18)7-9-14)17(22)21-10-4-2-3-5-15(21)16-19-11-23-20-16/h6-9,11-12,15H,2-5,10H2,1H3/t12-,15?/m0/s1. The first kappa shape index (κ1) is 16.8. The molecule has 24 heavy (non-hydrogen) atoms. The van der Waals surface area contributed by atoms with Gasteiger partial charge in [-0.3, -0.25) is 4.79 Å². The Morgan fingerprint density at radius 3 is 2.83 bits per heavy atom. The van der Waals surface area contributed by atoms with Crippen molar-refractivity contribution in [2.45, 2.75) is 44.8 Å². The molecule has 0 spiro atoms. The van der Waals surface area contributed by atoms with E-state index in [1.54, 1.807) is 31.2 Å². The predicted molar refractivity (Wildman–Crippen MR) is 88.8 cm³/mol. The Balaban J connectivity index is 1.73. The minimum absolute atomic E-state index is 0.0679. The largest absolute Gasteiger partial charge is 0.481 e. The van der Waals surface area contributed by atoms with Gasteiger partial charge in [0.05, 0.1) is 6.04 Å². The number of likely N-dealkylation sites (tertiary alicyclic amines) is 1. The monoisotopic (exact) mass is 349 g/mol. The lowest BCUT2D eigenvalue weighted by Crippen LogP contribution is -2.43. The Kier molecular flexibility index (Phi) is 5.35. The molecule has 1 saturated heterocycles. The topological polar surface area (TPSA) is 68.5 Å². The van der Waals surface area contributed by atoms with E-state index < -0.39 is 6.10 Å². The molecule has 0 saturated carbocycles. The summed E-state index contributed by atoms with van der Waals surface area (Å²) in [6.07, 6.45) is 4.63. The molecular formula is C17H20ClN3O3. The molecule has 0 bridgehead atoms. The summed E-state index contributed by atoms with van der Waals surface area (Å²) >= 11 is 5.87. The summed E-state index contributed by atoms with van der Waals surface area (Å²) in [5.74, 6) is 1.11. The van der Waals surface area contributed by atoms with Crippen LogP contribution in [-0.4, -0.2) is 33.6 Å². The second kappa shape index (κ2) is 7.66. The van der Waals surface area contributed by atoms with E-state index in [0.717, 1.165) is 25.7 Å². The Labute approximate surface area is 145 Å². The van der Waals surface area contributed by atoms with Gasteiger partial charge < -0.3 is 14.2 Å². The van der Waals surface area contributed by atoms with Crippen molar-refractivity contribution >= 4 is 17.5 Å². The Morgan fingerprint density at radius 1 is 1.33 bits per heavy atom. The van der Waals surface area contributed by atoms with Gasteiger partial charge >= 0.3 is 0 Å².